The number of imide groups is 1. The number of benzene rings is 2. The van der Waals surface area contributed by atoms with Crippen LogP contribution in [0.15, 0.2) is 54.2 Å². The quantitative estimate of drug-likeness (QED) is 0.811. The molecule has 134 valence electrons. The van der Waals surface area contributed by atoms with Crippen molar-refractivity contribution in [2.45, 2.75) is 6.92 Å². The van der Waals surface area contributed by atoms with E-state index in [-0.39, 0.29) is 30.6 Å². The largest absolute Gasteiger partial charge is 0.383 e. The van der Waals surface area contributed by atoms with E-state index in [4.69, 9.17) is 4.74 Å². The van der Waals surface area contributed by atoms with E-state index in [0.29, 0.717) is 16.8 Å². The molecular weight excluding hydrogens is 335 g/mol. The average molecular weight is 354 g/mol. The summed E-state index contributed by atoms with van der Waals surface area (Å²) in [6.45, 7) is 2.36. The van der Waals surface area contributed by atoms with Crippen LogP contribution >= 0.6 is 0 Å². The summed E-state index contributed by atoms with van der Waals surface area (Å²) in [7, 11) is 1.51. The summed E-state index contributed by atoms with van der Waals surface area (Å²) >= 11 is 0. The summed E-state index contributed by atoms with van der Waals surface area (Å²) in [5.74, 6) is -1.17. The van der Waals surface area contributed by atoms with Gasteiger partial charge < -0.3 is 10.1 Å². The summed E-state index contributed by atoms with van der Waals surface area (Å²) in [4.78, 5) is 26.8. The number of amides is 2. The van der Waals surface area contributed by atoms with Gasteiger partial charge in [-0.2, -0.15) is 0 Å². The third-order valence-corrected chi connectivity index (χ3v) is 4.14. The second-order valence-electron chi connectivity index (χ2n) is 6.00. The maximum absolute atomic E-state index is 13.1. The van der Waals surface area contributed by atoms with E-state index in [1.807, 2.05) is 31.2 Å². The molecule has 0 radical (unpaired) electrons. The molecule has 5 nitrogen and oxygen atoms in total. The molecule has 1 heterocycles. The molecule has 1 N–H and O–H groups in total. The zero-order chi connectivity index (χ0) is 18.7. The lowest BCUT2D eigenvalue weighted by atomic mass is 10.0. The molecule has 0 bridgehead atoms. The van der Waals surface area contributed by atoms with Crippen molar-refractivity contribution in [3.63, 3.8) is 0 Å². The van der Waals surface area contributed by atoms with E-state index in [9.17, 15) is 14.0 Å². The van der Waals surface area contributed by atoms with Crippen molar-refractivity contribution in [2.75, 3.05) is 25.6 Å². The van der Waals surface area contributed by atoms with Crippen LogP contribution < -0.4 is 5.32 Å². The van der Waals surface area contributed by atoms with Crippen LogP contribution in [0.4, 0.5) is 10.1 Å². The van der Waals surface area contributed by atoms with E-state index in [1.54, 1.807) is 0 Å². The topological polar surface area (TPSA) is 58.6 Å². The number of hydrogen-bond donors (Lipinski definition) is 1. The molecule has 0 fully saturated rings. The Balaban J connectivity index is 2.02. The van der Waals surface area contributed by atoms with Crippen LogP contribution in [0.3, 0.4) is 0 Å². The average Bonchev–Trinajstić information content (AvgIpc) is 2.86. The number of anilines is 1. The van der Waals surface area contributed by atoms with Crippen LogP contribution in [0.1, 0.15) is 11.1 Å². The molecule has 3 rings (SSSR count). The number of ether oxygens (including phenoxy) is 1. The van der Waals surface area contributed by atoms with E-state index in [1.165, 1.54) is 31.4 Å². The maximum atomic E-state index is 13.1. The molecule has 2 aromatic rings. The summed E-state index contributed by atoms with van der Waals surface area (Å²) in [6.07, 6.45) is 0. The Morgan fingerprint density at radius 2 is 1.65 bits per heavy atom. The lowest BCUT2D eigenvalue weighted by molar-refractivity contribution is -0.137. The van der Waals surface area contributed by atoms with Gasteiger partial charge in [-0.1, -0.05) is 29.8 Å². The molecule has 1 aliphatic heterocycles. The van der Waals surface area contributed by atoms with Crippen molar-refractivity contribution in [1.82, 2.24) is 4.90 Å². The Morgan fingerprint density at radius 3 is 2.27 bits per heavy atom. The van der Waals surface area contributed by atoms with Gasteiger partial charge in [0.05, 0.1) is 18.7 Å². The monoisotopic (exact) mass is 354 g/mol. The van der Waals surface area contributed by atoms with Crippen molar-refractivity contribution in [3.05, 3.63) is 71.2 Å². The highest BCUT2D eigenvalue weighted by molar-refractivity contribution is 6.36. The first-order valence-corrected chi connectivity index (χ1v) is 8.20. The SMILES string of the molecule is COCCN1C(=O)C(Nc2ccc(F)cc2)=C(c2ccc(C)cc2)C1=O. The number of carbonyl (C=O) groups is 2. The fraction of sp³-hybridized carbons (Fsp3) is 0.200. The fourth-order valence-corrected chi connectivity index (χ4v) is 2.74. The lowest BCUT2D eigenvalue weighted by Gasteiger charge is -2.14. The minimum Gasteiger partial charge on any atom is -0.383 e. The number of nitrogens with zero attached hydrogens (tertiary/aromatic N) is 1. The van der Waals surface area contributed by atoms with Crippen molar-refractivity contribution >= 4 is 23.1 Å². The highest BCUT2D eigenvalue weighted by Gasteiger charge is 2.38. The van der Waals surface area contributed by atoms with Gasteiger partial charge in [-0.25, -0.2) is 4.39 Å². The van der Waals surface area contributed by atoms with Gasteiger partial charge in [0, 0.05) is 12.8 Å². The predicted octanol–water partition coefficient (Wildman–Crippen LogP) is 2.97. The van der Waals surface area contributed by atoms with Crippen LogP contribution in [0.2, 0.25) is 0 Å². The van der Waals surface area contributed by atoms with E-state index < -0.39 is 5.91 Å². The molecular formula is C20H19FN2O3. The highest BCUT2D eigenvalue weighted by atomic mass is 19.1. The lowest BCUT2D eigenvalue weighted by Crippen LogP contribution is -2.35. The normalized spacial score (nSPS) is 14.3. The Kier molecular flexibility index (Phi) is 5.14. The summed E-state index contributed by atoms with van der Waals surface area (Å²) in [5.41, 5.74) is 2.71. The molecule has 2 amide bonds. The van der Waals surface area contributed by atoms with Gasteiger partial charge >= 0.3 is 0 Å². The first kappa shape index (κ1) is 17.8. The van der Waals surface area contributed by atoms with Gasteiger partial charge in [-0.15, -0.1) is 0 Å². The number of hydrogen-bond acceptors (Lipinski definition) is 4. The Bertz CT molecular complexity index is 858. The highest BCUT2D eigenvalue weighted by Crippen LogP contribution is 2.30. The minimum absolute atomic E-state index is 0.165. The van der Waals surface area contributed by atoms with Crippen LogP contribution in [0, 0.1) is 12.7 Å². The van der Waals surface area contributed by atoms with Crippen LogP contribution in [0.5, 0.6) is 0 Å². The number of rotatable bonds is 6. The predicted molar refractivity (Wildman–Crippen MR) is 96.7 cm³/mol. The molecule has 0 spiro atoms. The van der Waals surface area contributed by atoms with Gasteiger partial charge in [0.15, 0.2) is 0 Å². The maximum Gasteiger partial charge on any atom is 0.278 e. The molecule has 0 unspecified atom stereocenters. The van der Waals surface area contributed by atoms with Gasteiger partial charge in [-0.05, 0) is 36.8 Å². The minimum atomic E-state index is -0.424. The van der Waals surface area contributed by atoms with Crippen molar-refractivity contribution in [3.8, 4) is 0 Å². The molecule has 0 aliphatic carbocycles. The second-order valence-corrected chi connectivity index (χ2v) is 6.00. The number of methoxy groups -OCH3 is 1. The fourth-order valence-electron chi connectivity index (χ4n) is 2.74. The Hall–Kier alpha value is -2.99. The van der Waals surface area contributed by atoms with E-state index >= 15 is 0 Å². The molecule has 0 saturated carbocycles. The number of aryl methyl sites for hydroxylation is 1. The molecule has 0 atom stereocenters. The van der Waals surface area contributed by atoms with E-state index in [0.717, 1.165) is 10.5 Å². The smallest absolute Gasteiger partial charge is 0.278 e. The zero-order valence-corrected chi connectivity index (χ0v) is 14.6. The molecule has 6 heteroatoms. The van der Waals surface area contributed by atoms with Crippen molar-refractivity contribution in [2.24, 2.45) is 0 Å². The standard InChI is InChI=1S/C20H19FN2O3/c1-13-3-5-14(6-4-13)17-18(22-16-9-7-15(21)8-10-16)20(25)23(19(17)24)11-12-26-2/h3-10,22H,11-12H2,1-2H3. The Morgan fingerprint density at radius 1 is 1.00 bits per heavy atom. The molecule has 2 aromatic carbocycles. The molecule has 1 aliphatic rings. The van der Waals surface area contributed by atoms with Gasteiger partial charge in [0.25, 0.3) is 11.8 Å². The van der Waals surface area contributed by atoms with Crippen molar-refractivity contribution < 1.29 is 18.7 Å². The number of carbonyl (C=O) groups excluding carboxylic acids is 2. The molecule has 26 heavy (non-hydrogen) atoms. The first-order valence-electron chi connectivity index (χ1n) is 8.20. The van der Waals surface area contributed by atoms with Crippen LogP contribution in [-0.4, -0.2) is 37.0 Å². The van der Waals surface area contributed by atoms with Gasteiger partial charge in [0.1, 0.15) is 11.5 Å². The number of halogens is 1. The Labute approximate surface area is 151 Å². The summed E-state index contributed by atoms with van der Waals surface area (Å²) in [5, 5.41) is 2.98. The molecule has 0 aromatic heterocycles. The van der Waals surface area contributed by atoms with Gasteiger partial charge in [-0.3, -0.25) is 14.5 Å². The van der Waals surface area contributed by atoms with Crippen LogP contribution in [0.25, 0.3) is 5.57 Å². The third-order valence-electron chi connectivity index (χ3n) is 4.14. The summed E-state index contributed by atoms with van der Waals surface area (Å²) in [6, 6.07) is 13.0. The van der Waals surface area contributed by atoms with E-state index in [2.05, 4.69) is 5.32 Å². The van der Waals surface area contributed by atoms with Crippen molar-refractivity contribution in [1.29, 1.82) is 0 Å². The second kappa shape index (κ2) is 7.49. The third kappa shape index (κ3) is 3.50. The number of nitrogens with one attached hydrogen (secondary N) is 1. The van der Waals surface area contributed by atoms with Gasteiger partial charge in [0.2, 0.25) is 0 Å². The molecule has 0 saturated heterocycles. The zero-order valence-electron chi connectivity index (χ0n) is 14.6. The summed E-state index contributed by atoms with van der Waals surface area (Å²) < 4.78 is 18.1. The first-order chi connectivity index (χ1) is 12.5. The van der Waals surface area contributed by atoms with Crippen LogP contribution in [-0.2, 0) is 14.3 Å².